The van der Waals surface area contributed by atoms with Crippen molar-refractivity contribution in [2.75, 3.05) is 18.5 Å². The van der Waals surface area contributed by atoms with Crippen LogP contribution in [0.15, 0.2) is 24.3 Å². The zero-order chi connectivity index (χ0) is 12.1. The fourth-order valence-electron chi connectivity index (χ4n) is 2.31. The molecule has 0 aliphatic heterocycles. The number of hydrogen-bond acceptors (Lipinski definition) is 3. The molecule has 0 aromatic heterocycles. The van der Waals surface area contributed by atoms with Gasteiger partial charge in [0.15, 0.2) is 0 Å². The highest BCUT2D eigenvalue weighted by Gasteiger charge is 2.30. The molecule has 0 radical (unpaired) electrons. The van der Waals surface area contributed by atoms with Gasteiger partial charge >= 0.3 is 0 Å². The normalized spacial score (nSPS) is 18.0. The zero-order valence-electron chi connectivity index (χ0n) is 10.4. The summed E-state index contributed by atoms with van der Waals surface area (Å²) < 4.78 is 5.38. The minimum atomic E-state index is -0.501. The number of benzene rings is 1. The molecule has 1 aromatic rings. The van der Waals surface area contributed by atoms with E-state index in [2.05, 4.69) is 5.32 Å². The van der Waals surface area contributed by atoms with Crippen LogP contribution in [0.4, 0.5) is 5.69 Å². The molecule has 1 aliphatic carbocycles. The third-order valence-corrected chi connectivity index (χ3v) is 3.32. The van der Waals surface area contributed by atoms with Crippen LogP contribution >= 0.6 is 0 Å². The SMILES string of the molecule is CCOc1ccc(NCC2(O)CCCC2)cc1. The maximum atomic E-state index is 10.2. The molecular weight excluding hydrogens is 214 g/mol. The van der Waals surface area contributed by atoms with Crippen LogP contribution in [0.1, 0.15) is 32.6 Å². The summed E-state index contributed by atoms with van der Waals surface area (Å²) in [5, 5.41) is 13.5. The van der Waals surface area contributed by atoms with E-state index in [1.165, 1.54) is 0 Å². The molecule has 94 valence electrons. The fraction of sp³-hybridized carbons (Fsp3) is 0.571. The second-order valence-corrected chi connectivity index (χ2v) is 4.74. The van der Waals surface area contributed by atoms with Gasteiger partial charge in [-0.05, 0) is 44.0 Å². The summed E-state index contributed by atoms with van der Waals surface area (Å²) in [5.41, 5.74) is 0.535. The molecule has 0 amide bonds. The number of anilines is 1. The van der Waals surface area contributed by atoms with Gasteiger partial charge in [-0.2, -0.15) is 0 Å². The monoisotopic (exact) mass is 235 g/mol. The van der Waals surface area contributed by atoms with Gasteiger partial charge in [-0.1, -0.05) is 12.8 Å². The van der Waals surface area contributed by atoms with E-state index in [0.717, 1.165) is 37.1 Å². The molecule has 3 nitrogen and oxygen atoms in total. The molecule has 2 N–H and O–H groups in total. The Labute approximate surface area is 103 Å². The van der Waals surface area contributed by atoms with Crippen LogP contribution in [0.3, 0.4) is 0 Å². The molecule has 1 aliphatic rings. The Balaban J connectivity index is 1.86. The highest BCUT2D eigenvalue weighted by molar-refractivity contribution is 5.46. The van der Waals surface area contributed by atoms with E-state index in [1.54, 1.807) is 0 Å². The van der Waals surface area contributed by atoms with Gasteiger partial charge in [-0.15, -0.1) is 0 Å². The first-order chi connectivity index (χ1) is 8.22. The van der Waals surface area contributed by atoms with Crippen molar-refractivity contribution in [3.63, 3.8) is 0 Å². The number of nitrogens with one attached hydrogen (secondary N) is 1. The van der Waals surface area contributed by atoms with Gasteiger partial charge in [0.25, 0.3) is 0 Å². The van der Waals surface area contributed by atoms with E-state index in [1.807, 2.05) is 31.2 Å². The lowest BCUT2D eigenvalue weighted by molar-refractivity contribution is 0.0615. The highest BCUT2D eigenvalue weighted by Crippen LogP contribution is 2.29. The Morgan fingerprint density at radius 1 is 1.24 bits per heavy atom. The molecule has 1 fully saturated rings. The third-order valence-electron chi connectivity index (χ3n) is 3.32. The lowest BCUT2D eigenvalue weighted by Gasteiger charge is -2.23. The van der Waals surface area contributed by atoms with E-state index >= 15 is 0 Å². The Kier molecular flexibility index (Phi) is 3.89. The van der Waals surface area contributed by atoms with Gasteiger partial charge in [0.2, 0.25) is 0 Å². The van der Waals surface area contributed by atoms with Gasteiger partial charge in [-0.25, -0.2) is 0 Å². The van der Waals surface area contributed by atoms with Gasteiger partial charge in [-0.3, -0.25) is 0 Å². The van der Waals surface area contributed by atoms with Crippen LogP contribution in [0, 0.1) is 0 Å². The molecule has 1 saturated carbocycles. The molecule has 1 aromatic carbocycles. The highest BCUT2D eigenvalue weighted by atomic mass is 16.5. The van der Waals surface area contributed by atoms with E-state index < -0.39 is 5.60 Å². The van der Waals surface area contributed by atoms with Crippen molar-refractivity contribution in [3.8, 4) is 5.75 Å². The third kappa shape index (κ3) is 3.37. The van der Waals surface area contributed by atoms with E-state index in [4.69, 9.17) is 4.74 Å². The summed E-state index contributed by atoms with van der Waals surface area (Å²) >= 11 is 0. The molecule has 2 rings (SSSR count). The second-order valence-electron chi connectivity index (χ2n) is 4.74. The minimum absolute atomic E-state index is 0.501. The first-order valence-corrected chi connectivity index (χ1v) is 6.41. The number of hydrogen-bond donors (Lipinski definition) is 2. The molecule has 0 unspecified atom stereocenters. The summed E-state index contributed by atoms with van der Waals surface area (Å²) in [4.78, 5) is 0. The Morgan fingerprint density at radius 3 is 2.47 bits per heavy atom. The van der Waals surface area contributed by atoms with Crippen molar-refractivity contribution in [1.29, 1.82) is 0 Å². The largest absolute Gasteiger partial charge is 0.494 e. The quantitative estimate of drug-likeness (QED) is 0.824. The average molecular weight is 235 g/mol. The molecule has 0 saturated heterocycles. The predicted molar refractivity (Wildman–Crippen MR) is 69.5 cm³/mol. The average Bonchev–Trinajstić information content (AvgIpc) is 2.76. The Hall–Kier alpha value is -1.22. The molecule has 17 heavy (non-hydrogen) atoms. The molecular formula is C14H21NO2. The first kappa shape index (κ1) is 12.2. The van der Waals surface area contributed by atoms with Crippen LogP contribution in [0.5, 0.6) is 5.75 Å². The van der Waals surface area contributed by atoms with Crippen LogP contribution < -0.4 is 10.1 Å². The first-order valence-electron chi connectivity index (χ1n) is 6.41. The zero-order valence-corrected chi connectivity index (χ0v) is 10.4. The minimum Gasteiger partial charge on any atom is -0.494 e. The van der Waals surface area contributed by atoms with E-state index in [0.29, 0.717) is 13.2 Å². The maximum absolute atomic E-state index is 10.2. The molecule has 0 heterocycles. The molecule has 0 bridgehead atoms. The van der Waals surface area contributed by atoms with Crippen LogP contribution in [-0.4, -0.2) is 23.9 Å². The van der Waals surface area contributed by atoms with Gasteiger partial charge < -0.3 is 15.2 Å². The van der Waals surface area contributed by atoms with Gasteiger partial charge in [0.05, 0.1) is 12.2 Å². The lowest BCUT2D eigenvalue weighted by atomic mass is 10.0. The predicted octanol–water partition coefficient (Wildman–Crippen LogP) is 2.80. The van der Waals surface area contributed by atoms with Crippen LogP contribution in [-0.2, 0) is 0 Å². The van der Waals surface area contributed by atoms with E-state index in [-0.39, 0.29) is 0 Å². The molecule has 0 atom stereocenters. The van der Waals surface area contributed by atoms with Crippen LogP contribution in [0.25, 0.3) is 0 Å². The standard InChI is InChI=1S/C14H21NO2/c1-2-17-13-7-5-12(6-8-13)15-11-14(16)9-3-4-10-14/h5-8,15-16H,2-4,9-11H2,1H3. The summed E-state index contributed by atoms with van der Waals surface area (Å²) in [6.07, 6.45) is 4.11. The van der Waals surface area contributed by atoms with Gasteiger partial charge in [0, 0.05) is 12.2 Å². The Bertz CT molecular complexity index is 342. The number of aliphatic hydroxyl groups is 1. The van der Waals surface area contributed by atoms with Gasteiger partial charge in [0.1, 0.15) is 5.75 Å². The molecule has 3 heteroatoms. The van der Waals surface area contributed by atoms with Crippen molar-refractivity contribution in [1.82, 2.24) is 0 Å². The van der Waals surface area contributed by atoms with Crippen molar-refractivity contribution in [2.24, 2.45) is 0 Å². The van der Waals surface area contributed by atoms with Crippen molar-refractivity contribution in [3.05, 3.63) is 24.3 Å². The van der Waals surface area contributed by atoms with Crippen LogP contribution in [0.2, 0.25) is 0 Å². The maximum Gasteiger partial charge on any atom is 0.119 e. The van der Waals surface area contributed by atoms with Crippen molar-refractivity contribution in [2.45, 2.75) is 38.2 Å². The summed E-state index contributed by atoms with van der Waals surface area (Å²) in [6, 6.07) is 7.88. The summed E-state index contributed by atoms with van der Waals surface area (Å²) in [7, 11) is 0. The molecule has 0 spiro atoms. The summed E-state index contributed by atoms with van der Waals surface area (Å²) in [5.74, 6) is 0.887. The van der Waals surface area contributed by atoms with E-state index in [9.17, 15) is 5.11 Å². The fourth-order valence-corrected chi connectivity index (χ4v) is 2.31. The number of rotatable bonds is 5. The van der Waals surface area contributed by atoms with Crippen molar-refractivity contribution < 1.29 is 9.84 Å². The topological polar surface area (TPSA) is 41.5 Å². The smallest absolute Gasteiger partial charge is 0.119 e. The Morgan fingerprint density at radius 2 is 1.88 bits per heavy atom. The second kappa shape index (κ2) is 5.41. The van der Waals surface area contributed by atoms with Crippen molar-refractivity contribution >= 4 is 5.69 Å². The summed E-state index contributed by atoms with van der Waals surface area (Å²) in [6.45, 7) is 3.30. The lowest BCUT2D eigenvalue weighted by Crippen LogP contribution is -2.33. The number of ether oxygens (including phenoxy) is 1.